The van der Waals surface area contributed by atoms with Crippen LogP contribution >= 0.6 is 0 Å². The van der Waals surface area contributed by atoms with E-state index in [9.17, 15) is 8.42 Å². The van der Waals surface area contributed by atoms with Crippen molar-refractivity contribution in [2.75, 3.05) is 13.7 Å². The molecule has 0 aliphatic rings. The smallest absolute Gasteiger partial charge is 0.252 e. The molecule has 0 fully saturated rings. The van der Waals surface area contributed by atoms with E-state index in [1.165, 1.54) is 0 Å². The highest BCUT2D eigenvalue weighted by molar-refractivity contribution is 7.81. The van der Waals surface area contributed by atoms with Gasteiger partial charge in [0, 0.05) is 0 Å². The van der Waals surface area contributed by atoms with E-state index in [1.54, 1.807) is 0 Å². The van der Waals surface area contributed by atoms with Crippen molar-refractivity contribution in [1.82, 2.24) is 0 Å². The van der Waals surface area contributed by atoms with Gasteiger partial charge < -0.3 is 0 Å². The zero-order valence-electron chi connectivity index (χ0n) is 6.33. The van der Waals surface area contributed by atoms with Gasteiger partial charge in [-0.2, -0.15) is 8.42 Å². The Bertz CT molecular complexity index is 170. The third kappa shape index (κ3) is 4.72. The minimum absolute atomic E-state index is 0.163. The van der Waals surface area contributed by atoms with E-state index >= 15 is 0 Å². The maximum atomic E-state index is 10.5. The Balaban J connectivity index is 3.70. The second-order valence-corrected chi connectivity index (χ2v) is 3.64. The zero-order chi connectivity index (χ0) is 8.20. The summed E-state index contributed by atoms with van der Waals surface area (Å²) in [6.07, 6.45) is 0. The second-order valence-electron chi connectivity index (χ2n) is 2.25. The van der Waals surface area contributed by atoms with Gasteiger partial charge in [-0.1, -0.05) is 13.8 Å². The van der Waals surface area contributed by atoms with Crippen LogP contribution in [0, 0.1) is 5.92 Å². The predicted octanol–water partition coefficient (Wildman–Crippen LogP) is 0.550. The van der Waals surface area contributed by atoms with E-state index in [1.807, 2.05) is 13.8 Å². The summed E-state index contributed by atoms with van der Waals surface area (Å²) in [5.41, 5.74) is 0. The maximum Gasteiger partial charge on any atom is 0.399 e. The lowest BCUT2D eigenvalue weighted by atomic mass is 10.2. The molecule has 10 heavy (non-hydrogen) atoms. The van der Waals surface area contributed by atoms with Crippen molar-refractivity contribution in [3.63, 3.8) is 0 Å². The monoisotopic (exact) mass is 168 g/mol. The lowest BCUT2D eigenvalue weighted by Crippen LogP contribution is -2.11. The Labute approximate surface area is 61.5 Å². The fourth-order valence-corrected chi connectivity index (χ4v) is 0.803. The lowest BCUT2D eigenvalue weighted by molar-refractivity contribution is 0.219. The molecule has 0 saturated heterocycles. The Morgan fingerprint density at radius 2 is 1.90 bits per heavy atom. The first-order valence-corrected chi connectivity index (χ1v) is 4.26. The zero-order valence-corrected chi connectivity index (χ0v) is 7.14. The second kappa shape index (κ2) is 3.90. The maximum absolute atomic E-state index is 10.5. The molecule has 0 aliphatic heterocycles. The van der Waals surface area contributed by atoms with E-state index in [-0.39, 0.29) is 12.5 Å². The first-order valence-electron chi connectivity index (χ1n) is 2.93. The molecule has 0 aromatic heterocycles. The fraction of sp³-hybridized carbons (Fsp3) is 1.00. The Kier molecular flexibility index (Phi) is 3.85. The van der Waals surface area contributed by atoms with Crippen LogP contribution in [0.15, 0.2) is 0 Å². The van der Waals surface area contributed by atoms with Crippen LogP contribution in [0.3, 0.4) is 0 Å². The van der Waals surface area contributed by atoms with Crippen molar-refractivity contribution in [3.05, 3.63) is 0 Å². The van der Waals surface area contributed by atoms with E-state index in [4.69, 9.17) is 0 Å². The SMILES string of the molecule is COS(=O)(=O)OCC(C)C. The molecule has 62 valence electrons. The molecule has 0 aromatic rings. The molecule has 0 aliphatic carbocycles. The average molecular weight is 168 g/mol. The van der Waals surface area contributed by atoms with Gasteiger partial charge in [0.25, 0.3) is 0 Å². The molecule has 0 rings (SSSR count). The van der Waals surface area contributed by atoms with E-state index in [2.05, 4.69) is 8.37 Å². The van der Waals surface area contributed by atoms with Crippen LogP contribution < -0.4 is 0 Å². The number of rotatable bonds is 4. The molecule has 4 nitrogen and oxygen atoms in total. The van der Waals surface area contributed by atoms with Gasteiger partial charge in [-0.05, 0) is 5.92 Å². The van der Waals surface area contributed by atoms with Crippen molar-refractivity contribution < 1.29 is 16.8 Å². The Hall–Kier alpha value is -0.130. The average Bonchev–Trinajstić information content (AvgIpc) is 1.85. The van der Waals surface area contributed by atoms with Crippen LogP contribution in [-0.2, 0) is 18.8 Å². The third-order valence-electron chi connectivity index (χ3n) is 0.750. The summed E-state index contributed by atoms with van der Waals surface area (Å²) >= 11 is 0. The summed E-state index contributed by atoms with van der Waals surface area (Å²) in [6, 6.07) is 0. The first-order chi connectivity index (χ1) is 4.48. The molecule has 0 heterocycles. The van der Waals surface area contributed by atoms with Gasteiger partial charge in [0.15, 0.2) is 0 Å². The van der Waals surface area contributed by atoms with Gasteiger partial charge in [-0.25, -0.2) is 4.18 Å². The Morgan fingerprint density at radius 3 is 2.20 bits per heavy atom. The fourth-order valence-electron chi connectivity index (χ4n) is 0.268. The molecule has 0 N–H and O–H groups in total. The van der Waals surface area contributed by atoms with Crippen LogP contribution in [-0.4, -0.2) is 22.1 Å². The van der Waals surface area contributed by atoms with Crippen molar-refractivity contribution in [1.29, 1.82) is 0 Å². The molecular weight excluding hydrogens is 156 g/mol. The largest absolute Gasteiger partial charge is 0.399 e. The summed E-state index contributed by atoms with van der Waals surface area (Å²) in [5, 5.41) is 0. The van der Waals surface area contributed by atoms with Gasteiger partial charge in [-0.3, -0.25) is 4.18 Å². The topological polar surface area (TPSA) is 52.6 Å². The molecular formula is C5H12O4S. The summed E-state index contributed by atoms with van der Waals surface area (Å²) in [7, 11) is -2.65. The summed E-state index contributed by atoms with van der Waals surface area (Å²) in [4.78, 5) is 0. The normalized spacial score (nSPS) is 12.4. The van der Waals surface area contributed by atoms with Crippen molar-refractivity contribution in [2.45, 2.75) is 13.8 Å². The predicted molar refractivity (Wildman–Crippen MR) is 36.7 cm³/mol. The highest BCUT2D eigenvalue weighted by Gasteiger charge is 2.08. The molecule has 0 aromatic carbocycles. The molecule has 0 amide bonds. The lowest BCUT2D eigenvalue weighted by Gasteiger charge is -2.03. The van der Waals surface area contributed by atoms with Gasteiger partial charge in [0.2, 0.25) is 0 Å². The molecule has 0 atom stereocenters. The number of hydrogen-bond acceptors (Lipinski definition) is 4. The highest BCUT2D eigenvalue weighted by atomic mass is 32.3. The quantitative estimate of drug-likeness (QED) is 0.615. The minimum Gasteiger partial charge on any atom is -0.252 e. The molecule has 0 unspecified atom stereocenters. The van der Waals surface area contributed by atoms with Crippen LogP contribution in [0.1, 0.15) is 13.8 Å². The van der Waals surface area contributed by atoms with Gasteiger partial charge >= 0.3 is 10.4 Å². The first kappa shape index (κ1) is 9.87. The molecule has 0 radical (unpaired) electrons. The van der Waals surface area contributed by atoms with Crippen LogP contribution in [0.2, 0.25) is 0 Å². The van der Waals surface area contributed by atoms with E-state index in [0.29, 0.717) is 0 Å². The summed E-state index contributed by atoms with van der Waals surface area (Å²) < 4.78 is 29.3. The minimum atomic E-state index is -3.71. The van der Waals surface area contributed by atoms with Crippen LogP contribution in [0.25, 0.3) is 0 Å². The summed E-state index contributed by atoms with van der Waals surface area (Å²) in [6.45, 7) is 3.87. The van der Waals surface area contributed by atoms with Crippen molar-refractivity contribution >= 4 is 10.4 Å². The van der Waals surface area contributed by atoms with E-state index < -0.39 is 10.4 Å². The third-order valence-corrected chi connectivity index (χ3v) is 1.58. The van der Waals surface area contributed by atoms with Crippen LogP contribution in [0.4, 0.5) is 0 Å². The van der Waals surface area contributed by atoms with Crippen molar-refractivity contribution in [3.8, 4) is 0 Å². The van der Waals surface area contributed by atoms with Gasteiger partial charge in [0.1, 0.15) is 0 Å². The number of hydrogen-bond donors (Lipinski definition) is 0. The van der Waals surface area contributed by atoms with Gasteiger partial charge in [-0.15, -0.1) is 0 Å². The van der Waals surface area contributed by atoms with Crippen molar-refractivity contribution in [2.24, 2.45) is 5.92 Å². The standard InChI is InChI=1S/C5H12O4S/c1-5(2)4-9-10(6,7)8-3/h5H,4H2,1-3H3. The molecule has 0 saturated carbocycles. The molecule has 0 spiro atoms. The highest BCUT2D eigenvalue weighted by Crippen LogP contribution is 1.98. The molecule has 5 heteroatoms. The summed E-state index contributed by atoms with van der Waals surface area (Å²) in [5.74, 6) is 0.185. The molecule has 0 bridgehead atoms. The van der Waals surface area contributed by atoms with E-state index in [0.717, 1.165) is 7.11 Å². The van der Waals surface area contributed by atoms with Crippen LogP contribution in [0.5, 0.6) is 0 Å². The van der Waals surface area contributed by atoms with Gasteiger partial charge in [0.05, 0.1) is 13.7 Å². The Morgan fingerprint density at radius 1 is 1.40 bits per heavy atom.